The van der Waals surface area contributed by atoms with Gasteiger partial charge in [0.25, 0.3) is 5.91 Å². The quantitative estimate of drug-likeness (QED) is 0.195. The van der Waals surface area contributed by atoms with Crippen LogP contribution in [-0.2, 0) is 9.59 Å². The Morgan fingerprint density at radius 2 is 1.70 bits per heavy atom. The van der Waals surface area contributed by atoms with Crippen LogP contribution in [-0.4, -0.2) is 81.7 Å². The van der Waals surface area contributed by atoms with Crippen LogP contribution in [0.2, 0.25) is 0 Å². The van der Waals surface area contributed by atoms with Gasteiger partial charge in [-0.3, -0.25) is 9.59 Å². The summed E-state index contributed by atoms with van der Waals surface area (Å²) in [4.78, 5) is 46.1. The first-order valence-electron chi connectivity index (χ1n) is 12.6. The monoisotopic (exact) mass is 616 g/mol. The minimum absolute atomic E-state index is 0. The number of carbonyl (C=O) groups excluding carboxylic acids is 3. The molecule has 3 rings (SSSR count). The van der Waals surface area contributed by atoms with Gasteiger partial charge in [-0.2, -0.15) is 4.99 Å². The van der Waals surface area contributed by atoms with Crippen LogP contribution in [0, 0.1) is 6.92 Å². The van der Waals surface area contributed by atoms with Crippen molar-refractivity contribution in [3.05, 3.63) is 47.5 Å². The molecule has 222 valence electrons. The van der Waals surface area contributed by atoms with Gasteiger partial charge in [-0.1, -0.05) is 12.1 Å². The number of benzene rings is 2. The highest BCUT2D eigenvalue weighted by Gasteiger charge is 2.22. The molecule has 2 aromatic rings. The molecular weight excluding hydrogens is 579 g/mol. The summed E-state index contributed by atoms with van der Waals surface area (Å²) in [5.74, 6) is 0.775. The fourth-order valence-corrected chi connectivity index (χ4v) is 4.28. The summed E-state index contributed by atoms with van der Waals surface area (Å²) in [7, 11) is 5.18. The molecule has 1 fully saturated rings. The fraction of sp³-hybridized carbons (Fsp3) is 0.464. The van der Waals surface area contributed by atoms with Crippen LogP contribution in [0.1, 0.15) is 41.6 Å². The SMILES string of the molecule is COc1cccc(C(=O)N(C)c2ccc(C)cc2OCCCCCC(=O)N2CCN(C)CC2)c1N=C=O.Cl.Cl.Cl. The van der Waals surface area contributed by atoms with Crippen molar-refractivity contribution in [3.63, 3.8) is 0 Å². The summed E-state index contributed by atoms with van der Waals surface area (Å²) >= 11 is 0. The Labute approximate surface area is 255 Å². The van der Waals surface area contributed by atoms with Crippen molar-refractivity contribution < 1.29 is 23.9 Å². The molecule has 0 atom stereocenters. The maximum Gasteiger partial charge on any atom is 0.260 e. The molecule has 0 saturated carbocycles. The van der Waals surface area contributed by atoms with E-state index in [9.17, 15) is 14.4 Å². The van der Waals surface area contributed by atoms with E-state index in [4.69, 9.17) is 9.47 Å². The van der Waals surface area contributed by atoms with Crippen molar-refractivity contribution in [2.24, 2.45) is 4.99 Å². The second kappa shape index (κ2) is 18.5. The van der Waals surface area contributed by atoms with Crippen molar-refractivity contribution in [1.82, 2.24) is 9.80 Å². The zero-order valence-corrected chi connectivity index (χ0v) is 25.8. The molecule has 2 amide bonds. The number of unbranched alkanes of at least 4 members (excludes halogenated alkanes) is 2. The van der Waals surface area contributed by atoms with Crippen LogP contribution >= 0.6 is 37.2 Å². The number of likely N-dealkylation sites (N-methyl/N-ethyl adjacent to an activating group) is 1. The fourth-order valence-electron chi connectivity index (χ4n) is 4.28. The number of amides is 2. The zero-order valence-electron chi connectivity index (χ0n) is 23.4. The lowest BCUT2D eigenvalue weighted by atomic mass is 10.1. The molecule has 0 aromatic heterocycles. The molecule has 1 aliphatic heterocycles. The van der Waals surface area contributed by atoms with Gasteiger partial charge in [0, 0.05) is 39.6 Å². The first-order valence-corrected chi connectivity index (χ1v) is 12.6. The molecule has 0 aliphatic carbocycles. The summed E-state index contributed by atoms with van der Waals surface area (Å²) in [6.07, 6.45) is 4.56. The summed E-state index contributed by atoms with van der Waals surface area (Å²) in [6, 6.07) is 10.5. The Bertz CT molecular complexity index is 1150. The number of ether oxygens (including phenoxy) is 2. The topological polar surface area (TPSA) is 91.8 Å². The maximum absolute atomic E-state index is 13.4. The molecule has 40 heavy (non-hydrogen) atoms. The van der Waals surface area contributed by atoms with Crippen LogP contribution in [0.5, 0.6) is 11.5 Å². The number of halogens is 3. The Kier molecular flexibility index (Phi) is 17.2. The number of isocyanates is 1. The second-order valence-electron chi connectivity index (χ2n) is 9.24. The summed E-state index contributed by atoms with van der Waals surface area (Å²) in [5.41, 5.74) is 1.97. The Balaban J connectivity index is 0.00000507. The van der Waals surface area contributed by atoms with Crippen molar-refractivity contribution >= 4 is 66.5 Å². The number of aliphatic imine (C=N–C) groups is 1. The van der Waals surface area contributed by atoms with Gasteiger partial charge in [-0.05, 0) is 63.1 Å². The lowest BCUT2D eigenvalue weighted by molar-refractivity contribution is -0.132. The molecular formula is C28H39Cl3N4O5. The van der Waals surface area contributed by atoms with Gasteiger partial charge >= 0.3 is 0 Å². The lowest BCUT2D eigenvalue weighted by Gasteiger charge is -2.32. The zero-order chi connectivity index (χ0) is 26.8. The van der Waals surface area contributed by atoms with Gasteiger partial charge < -0.3 is 24.2 Å². The van der Waals surface area contributed by atoms with Gasteiger partial charge in [-0.25, -0.2) is 4.79 Å². The lowest BCUT2D eigenvalue weighted by Crippen LogP contribution is -2.47. The molecule has 2 aromatic carbocycles. The predicted octanol–water partition coefficient (Wildman–Crippen LogP) is 5.23. The number of hydrogen-bond donors (Lipinski definition) is 0. The third kappa shape index (κ3) is 9.98. The van der Waals surface area contributed by atoms with E-state index in [2.05, 4.69) is 16.9 Å². The number of carbonyl (C=O) groups is 2. The first kappa shape index (κ1) is 37.2. The molecule has 9 nitrogen and oxygen atoms in total. The molecule has 0 radical (unpaired) electrons. The largest absolute Gasteiger partial charge is 0.494 e. The maximum atomic E-state index is 13.4. The van der Waals surface area contributed by atoms with Crippen molar-refractivity contribution in [1.29, 1.82) is 0 Å². The number of hydrogen-bond acceptors (Lipinski definition) is 7. The molecule has 0 N–H and O–H groups in total. The van der Waals surface area contributed by atoms with Gasteiger partial charge in [0.05, 0.1) is 25.0 Å². The standard InChI is InChI=1S/C28H36N4O5.3ClH/c1-21-12-13-23(31(3)28(35)22-9-8-10-24(36-4)27(22)29-20-33)25(19-21)37-18-7-5-6-11-26(34)32-16-14-30(2)15-17-32;;;/h8-10,12-13,19H,5-7,11,14-18H2,1-4H3;3*1H. The van der Waals surface area contributed by atoms with E-state index < -0.39 is 0 Å². The third-order valence-electron chi connectivity index (χ3n) is 6.54. The minimum Gasteiger partial charge on any atom is -0.494 e. The van der Waals surface area contributed by atoms with Gasteiger partial charge in [0.2, 0.25) is 12.0 Å². The third-order valence-corrected chi connectivity index (χ3v) is 6.54. The van der Waals surface area contributed by atoms with E-state index in [1.54, 1.807) is 25.2 Å². The summed E-state index contributed by atoms with van der Waals surface area (Å²) in [5, 5.41) is 0. The predicted molar refractivity (Wildman–Crippen MR) is 164 cm³/mol. The van der Waals surface area contributed by atoms with Gasteiger partial charge in [-0.15, -0.1) is 37.2 Å². The Morgan fingerprint density at radius 3 is 2.35 bits per heavy atom. The molecule has 1 saturated heterocycles. The molecule has 12 heteroatoms. The van der Waals surface area contributed by atoms with E-state index in [-0.39, 0.29) is 60.3 Å². The highest BCUT2D eigenvalue weighted by atomic mass is 35.5. The van der Waals surface area contributed by atoms with E-state index in [1.807, 2.05) is 30.0 Å². The molecule has 0 bridgehead atoms. The summed E-state index contributed by atoms with van der Waals surface area (Å²) < 4.78 is 11.3. The highest BCUT2D eigenvalue weighted by Crippen LogP contribution is 2.35. The van der Waals surface area contributed by atoms with Crippen molar-refractivity contribution in [2.45, 2.75) is 32.6 Å². The second-order valence-corrected chi connectivity index (χ2v) is 9.24. The highest BCUT2D eigenvalue weighted by molar-refractivity contribution is 6.10. The van der Waals surface area contributed by atoms with Crippen molar-refractivity contribution in [3.8, 4) is 11.5 Å². The summed E-state index contributed by atoms with van der Waals surface area (Å²) in [6.45, 7) is 5.90. The molecule has 1 aliphatic rings. The Hall–Kier alpha value is -2.81. The van der Waals surface area contributed by atoms with Crippen LogP contribution < -0.4 is 14.4 Å². The van der Waals surface area contributed by atoms with Crippen LogP contribution in [0.25, 0.3) is 0 Å². The molecule has 0 spiro atoms. The van der Waals surface area contributed by atoms with E-state index >= 15 is 0 Å². The minimum atomic E-state index is -0.357. The molecule has 0 unspecified atom stereocenters. The Morgan fingerprint density at radius 1 is 1.00 bits per heavy atom. The van der Waals surface area contributed by atoms with Gasteiger partial charge in [0.15, 0.2) is 0 Å². The number of aryl methyl sites for hydroxylation is 1. The number of para-hydroxylation sites is 1. The first-order chi connectivity index (χ1) is 17.8. The van der Waals surface area contributed by atoms with Crippen molar-refractivity contribution in [2.75, 3.05) is 58.9 Å². The van der Waals surface area contributed by atoms with Crippen LogP contribution in [0.3, 0.4) is 0 Å². The van der Waals surface area contributed by atoms with E-state index in [1.165, 1.54) is 18.1 Å². The van der Waals surface area contributed by atoms with E-state index in [0.29, 0.717) is 30.2 Å². The number of piperazine rings is 1. The molecule has 1 heterocycles. The van der Waals surface area contributed by atoms with Gasteiger partial charge in [0.1, 0.15) is 17.2 Å². The van der Waals surface area contributed by atoms with Crippen LogP contribution in [0.4, 0.5) is 11.4 Å². The normalized spacial score (nSPS) is 12.6. The van der Waals surface area contributed by atoms with E-state index in [0.717, 1.165) is 51.0 Å². The number of nitrogens with zero attached hydrogens (tertiary/aromatic N) is 4. The smallest absolute Gasteiger partial charge is 0.260 e. The number of methoxy groups -OCH3 is 1. The number of anilines is 1. The van der Waals surface area contributed by atoms with Crippen LogP contribution in [0.15, 0.2) is 41.4 Å². The average Bonchev–Trinajstić information content (AvgIpc) is 2.90. The number of rotatable bonds is 11. The average molecular weight is 618 g/mol.